The maximum atomic E-state index is 10.8. The first kappa shape index (κ1) is 17.1. The predicted octanol–water partition coefficient (Wildman–Crippen LogP) is 5.85. The monoisotopic (exact) mass is 306 g/mol. The normalized spacial score (nSPS) is 11.5. The molecule has 2 aromatic rings. The van der Waals surface area contributed by atoms with Gasteiger partial charge in [-0.3, -0.25) is 0 Å². The summed E-state index contributed by atoms with van der Waals surface area (Å²) >= 11 is 0. The third-order valence-electron chi connectivity index (χ3n) is 2.28. The van der Waals surface area contributed by atoms with Crippen molar-refractivity contribution in [2.45, 2.75) is 18.8 Å². The van der Waals surface area contributed by atoms with Crippen molar-refractivity contribution in [3.63, 3.8) is 0 Å². The standard InChI is InChI=1S/C12H10.C3H2F6/c1-3-7-11(8-4-1)12-9-5-2-6-10-12;4-2(5,6)1-3(7,8)9/h1-10H;1H2. The fourth-order valence-electron chi connectivity index (χ4n) is 1.49. The SMILES string of the molecule is FC(F)(F)CC(F)(F)F.c1ccc(-c2ccccc2)cc1. The average Bonchev–Trinajstić information content (AvgIpc) is 2.37. The predicted molar refractivity (Wildman–Crippen MR) is 68.6 cm³/mol. The van der Waals surface area contributed by atoms with Crippen molar-refractivity contribution in [2.24, 2.45) is 0 Å². The minimum absolute atomic E-state index is 1.28. The van der Waals surface area contributed by atoms with Gasteiger partial charge in [0.15, 0.2) is 0 Å². The molecular formula is C15H12F6. The maximum Gasteiger partial charge on any atom is 0.397 e. The summed E-state index contributed by atoms with van der Waals surface area (Å²) in [7, 11) is 0. The third kappa shape index (κ3) is 8.02. The molecule has 0 saturated heterocycles. The Morgan fingerprint density at radius 3 is 1.00 bits per heavy atom. The van der Waals surface area contributed by atoms with E-state index >= 15 is 0 Å². The van der Waals surface area contributed by atoms with E-state index in [0.29, 0.717) is 0 Å². The molecule has 6 heteroatoms. The Bertz CT molecular complexity index is 464. The molecule has 0 amide bonds. The highest BCUT2D eigenvalue weighted by molar-refractivity contribution is 5.62. The minimum atomic E-state index is -5.14. The molecule has 0 heterocycles. The van der Waals surface area contributed by atoms with Gasteiger partial charge in [0.05, 0.1) is 0 Å². The molecule has 0 N–H and O–H groups in total. The molecule has 0 aliphatic rings. The average molecular weight is 306 g/mol. The zero-order valence-corrected chi connectivity index (χ0v) is 10.7. The summed E-state index contributed by atoms with van der Waals surface area (Å²) in [6.45, 7) is 0. The lowest BCUT2D eigenvalue weighted by molar-refractivity contribution is -0.232. The Balaban J connectivity index is 0.000000222. The number of alkyl halides is 6. The van der Waals surface area contributed by atoms with Gasteiger partial charge in [0.1, 0.15) is 6.42 Å². The molecule has 21 heavy (non-hydrogen) atoms. The van der Waals surface area contributed by atoms with Crippen LogP contribution in [0.25, 0.3) is 11.1 Å². The highest BCUT2D eigenvalue weighted by Crippen LogP contribution is 2.31. The number of hydrogen-bond acceptors (Lipinski definition) is 0. The van der Waals surface area contributed by atoms with Crippen LogP contribution in [0.5, 0.6) is 0 Å². The molecule has 0 unspecified atom stereocenters. The quantitative estimate of drug-likeness (QED) is 0.579. The van der Waals surface area contributed by atoms with E-state index in [2.05, 4.69) is 48.5 Å². The molecular weight excluding hydrogens is 294 g/mol. The van der Waals surface area contributed by atoms with E-state index in [1.165, 1.54) is 11.1 Å². The van der Waals surface area contributed by atoms with E-state index in [4.69, 9.17) is 0 Å². The fraction of sp³-hybridized carbons (Fsp3) is 0.200. The zero-order valence-electron chi connectivity index (χ0n) is 10.7. The summed E-state index contributed by atoms with van der Waals surface area (Å²) in [5.41, 5.74) is 2.55. The fourth-order valence-corrected chi connectivity index (χ4v) is 1.49. The van der Waals surface area contributed by atoms with Gasteiger partial charge in [0.2, 0.25) is 0 Å². The van der Waals surface area contributed by atoms with Gasteiger partial charge in [-0.15, -0.1) is 0 Å². The van der Waals surface area contributed by atoms with Crippen LogP contribution in [0.1, 0.15) is 6.42 Å². The second-order valence-corrected chi connectivity index (χ2v) is 4.14. The largest absolute Gasteiger partial charge is 0.397 e. The van der Waals surface area contributed by atoms with Gasteiger partial charge < -0.3 is 0 Å². The van der Waals surface area contributed by atoms with Gasteiger partial charge in [-0.2, -0.15) is 26.3 Å². The molecule has 0 atom stereocenters. The lowest BCUT2D eigenvalue weighted by Gasteiger charge is -2.08. The van der Waals surface area contributed by atoms with E-state index in [1.54, 1.807) is 0 Å². The highest BCUT2D eigenvalue weighted by atomic mass is 19.4. The summed E-state index contributed by atoms with van der Waals surface area (Å²) in [6, 6.07) is 20.8. The number of hydrogen-bond donors (Lipinski definition) is 0. The molecule has 114 valence electrons. The van der Waals surface area contributed by atoms with E-state index in [0.717, 1.165) is 0 Å². The van der Waals surface area contributed by atoms with Gasteiger partial charge in [-0.05, 0) is 11.1 Å². The van der Waals surface area contributed by atoms with Gasteiger partial charge in [0.25, 0.3) is 0 Å². The van der Waals surface area contributed by atoms with Crippen LogP contribution in [0.4, 0.5) is 26.3 Å². The Morgan fingerprint density at radius 2 is 0.810 bits per heavy atom. The summed E-state index contributed by atoms with van der Waals surface area (Å²) in [4.78, 5) is 0. The Kier molecular flexibility index (Phi) is 5.81. The Hall–Kier alpha value is -1.98. The number of halogens is 6. The lowest BCUT2D eigenvalue weighted by Crippen LogP contribution is -2.20. The van der Waals surface area contributed by atoms with Gasteiger partial charge in [-0.25, -0.2) is 0 Å². The molecule has 0 nitrogen and oxygen atoms in total. The van der Waals surface area contributed by atoms with Crippen LogP contribution in [0.15, 0.2) is 60.7 Å². The first-order chi connectivity index (χ1) is 9.67. The molecule has 0 aliphatic carbocycles. The van der Waals surface area contributed by atoms with Crippen molar-refractivity contribution in [3.05, 3.63) is 60.7 Å². The smallest absolute Gasteiger partial charge is 0.171 e. The van der Waals surface area contributed by atoms with Crippen molar-refractivity contribution in [1.29, 1.82) is 0 Å². The zero-order chi connectivity index (χ0) is 15.9. The van der Waals surface area contributed by atoms with Crippen LogP contribution in [0.2, 0.25) is 0 Å². The first-order valence-corrected chi connectivity index (χ1v) is 5.91. The van der Waals surface area contributed by atoms with Crippen molar-refractivity contribution < 1.29 is 26.3 Å². The molecule has 2 rings (SSSR count). The lowest BCUT2D eigenvalue weighted by atomic mass is 10.1. The second kappa shape index (κ2) is 7.15. The van der Waals surface area contributed by atoms with Crippen molar-refractivity contribution in [3.8, 4) is 11.1 Å². The van der Waals surface area contributed by atoms with Crippen LogP contribution in [0.3, 0.4) is 0 Å². The maximum absolute atomic E-state index is 10.8. The number of benzene rings is 2. The molecule has 0 aliphatic heterocycles. The van der Waals surface area contributed by atoms with Gasteiger partial charge >= 0.3 is 12.4 Å². The third-order valence-corrected chi connectivity index (χ3v) is 2.28. The number of rotatable bonds is 1. The van der Waals surface area contributed by atoms with E-state index < -0.39 is 18.8 Å². The molecule has 0 radical (unpaired) electrons. The van der Waals surface area contributed by atoms with Crippen LogP contribution in [0, 0.1) is 0 Å². The molecule has 0 spiro atoms. The Morgan fingerprint density at radius 1 is 0.524 bits per heavy atom. The van der Waals surface area contributed by atoms with Crippen LogP contribution in [-0.4, -0.2) is 12.4 Å². The summed E-state index contributed by atoms with van der Waals surface area (Å²) in [5.74, 6) is 0. The molecule has 0 bridgehead atoms. The van der Waals surface area contributed by atoms with E-state index in [9.17, 15) is 26.3 Å². The van der Waals surface area contributed by atoms with E-state index in [-0.39, 0.29) is 0 Å². The van der Waals surface area contributed by atoms with Crippen LogP contribution >= 0.6 is 0 Å². The van der Waals surface area contributed by atoms with Crippen LogP contribution in [-0.2, 0) is 0 Å². The van der Waals surface area contributed by atoms with Crippen LogP contribution < -0.4 is 0 Å². The van der Waals surface area contributed by atoms with Crippen molar-refractivity contribution in [2.75, 3.05) is 0 Å². The molecule has 0 fully saturated rings. The second-order valence-electron chi connectivity index (χ2n) is 4.14. The van der Waals surface area contributed by atoms with E-state index in [1.807, 2.05) is 12.1 Å². The Labute approximate surface area is 118 Å². The summed E-state index contributed by atoms with van der Waals surface area (Å²) in [5, 5.41) is 0. The summed E-state index contributed by atoms with van der Waals surface area (Å²) in [6.07, 6.45) is -13.0. The topological polar surface area (TPSA) is 0 Å². The van der Waals surface area contributed by atoms with Gasteiger partial charge in [0, 0.05) is 0 Å². The first-order valence-electron chi connectivity index (χ1n) is 5.91. The molecule has 0 aromatic heterocycles. The van der Waals surface area contributed by atoms with Gasteiger partial charge in [-0.1, -0.05) is 60.7 Å². The molecule has 0 saturated carbocycles. The minimum Gasteiger partial charge on any atom is -0.171 e. The summed E-state index contributed by atoms with van der Waals surface area (Å²) < 4.78 is 65.0. The van der Waals surface area contributed by atoms with Crippen molar-refractivity contribution >= 4 is 0 Å². The molecule has 2 aromatic carbocycles. The highest BCUT2D eigenvalue weighted by Gasteiger charge is 2.43. The van der Waals surface area contributed by atoms with Crippen molar-refractivity contribution in [1.82, 2.24) is 0 Å².